The zero-order chi connectivity index (χ0) is 22.8. The molecule has 164 valence electrons. The van der Waals surface area contributed by atoms with Crippen LogP contribution in [0, 0.1) is 5.92 Å². The second kappa shape index (κ2) is 12.1. The van der Waals surface area contributed by atoms with E-state index < -0.39 is 30.0 Å². The number of aliphatic hydroxyl groups excluding tert-OH is 1. The number of aliphatic carboxylic acids is 1. The summed E-state index contributed by atoms with van der Waals surface area (Å²) in [6.07, 6.45) is 0.271. The Morgan fingerprint density at radius 2 is 1.83 bits per heavy atom. The molecule has 0 aliphatic heterocycles. The van der Waals surface area contributed by atoms with Crippen molar-refractivity contribution in [3.63, 3.8) is 0 Å². The van der Waals surface area contributed by atoms with Gasteiger partial charge in [-0.1, -0.05) is 56.3 Å². The molecular weight excluding hydrogens is 410 g/mol. The first-order chi connectivity index (χ1) is 14.0. The van der Waals surface area contributed by atoms with Gasteiger partial charge < -0.3 is 20.3 Å². The van der Waals surface area contributed by atoms with Crippen LogP contribution in [-0.4, -0.2) is 46.8 Å². The molecule has 0 aliphatic carbocycles. The van der Waals surface area contributed by atoms with Gasteiger partial charge in [0, 0.05) is 17.5 Å². The zero-order valence-corrected chi connectivity index (χ0v) is 18.1. The van der Waals surface area contributed by atoms with Crippen molar-refractivity contribution >= 4 is 35.0 Å². The highest BCUT2D eigenvalue weighted by Gasteiger charge is 2.25. The van der Waals surface area contributed by atoms with Crippen LogP contribution in [0.1, 0.15) is 38.3 Å². The predicted octanol–water partition coefficient (Wildman–Crippen LogP) is 2.90. The molecule has 1 rings (SSSR count). The van der Waals surface area contributed by atoms with Gasteiger partial charge in [0.1, 0.15) is 0 Å². The van der Waals surface area contributed by atoms with E-state index in [0.29, 0.717) is 5.03 Å². The Kier molecular flexibility index (Phi) is 10.3. The highest BCUT2D eigenvalue weighted by molar-refractivity contribution is 6.31. The number of allylic oxidation sites excluding steroid dienone is 3. The molecule has 30 heavy (non-hydrogen) atoms. The minimum absolute atomic E-state index is 0.106. The van der Waals surface area contributed by atoms with Crippen LogP contribution in [0.5, 0.6) is 0 Å². The minimum atomic E-state index is -1.65. The monoisotopic (exact) mass is 437 g/mol. The Labute approximate surface area is 181 Å². The first-order valence-corrected chi connectivity index (χ1v) is 9.87. The molecular formula is C22H28ClNO6. The third-order valence-corrected chi connectivity index (χ3v) is 4.16. The number of ether oxygens (including phenoxy) is 1. The highest BCUT2D eigenvalue weighted by Crippen LogP contribution is 2.19. The van der Waals surface area contributed by atoms with Crippen molar-refractivity contribution in [1.82, 2.24) is 5.32 Å². The summed E-state index contributed by atoms with van der Waals surface area (Å²) in [7, 11) is 0. The number of hydrogen-bond donors (Lipinski definition) is 3. The lowest BCUT2D eigenvalue weighted by atomic mass is 9.98. The van der Waals surface area contributed by atoms with Crippen LogP contribution < -0.4 is 5.32 Å². The van der Waals surface area contributed by atoms with Gasteiger partial charge in [0.2, 0.25) is 0 Å². The molecule has 0 bridgehead atoms. The lowest BCUT2D eigenvalue weighted by molar-refractivity contribution is -0.155. The van der Waals surface area contributed by atoms with E-state index in [1.54, 1.807) is 25.1 Å². The summed E-state index contributed by atoms with van der Waals surface area (Å²) in [5.41, 5.74) is 2.35. The Balaban J connectivity index is 2.89. The number of esters is 1. The fourth-order valence-electron chi connectivity index (χ4n) is 2.61. The summed E-state index contributed by atoms with van der Waals surface area (Å²) in [6, 6.07) is 6.44. The van der Waals surface area contributed by atoms with Crippen molar-refractivity contribution in [1.29, 1.82) is 0 Å². The van der Waals surface area contributed by atoms with Gasteiger partial charge in [0.05, 0.1) is 6.61 Å². The van der Waals surface area contributed by atoms with Crippen molar-refractivity contribution in [2.45, 2.75) is 45.8 Å². The normalized spacial score (nSPS) is 13.5. The number of carbonyl (C=O) groups is 3. The molecule has 0 radical (unpaired) electrons. The van der Waals surface area contributed by atoms with Gasteiger partial charge in [0.15, 0.2) is 6.10 Å². The molecule has 8 heteroatoms. The molecule has 1 aromatic rings. The molecule has 2 unspecified atom stereocenters. The lowest BCUT2D eigenvalue weighted by Crippen LogP contribution is -2.43. The maximum absolute atomic E-state index is 11.9. The maximum Gasteiger partial charge on any atom is 0.394 e. The molecule has 0 heterocycles. The van der Waals surface area contributed by atoms with Gasteiger partial charge in [-0.3, -0.25) is 4.79 Å². The van der Waals surface area contributed by atoms with Crippen molar-refractivity contribution < 1.29 is 29.3 Å². The third kappa shape index (κ3) is 9.24. The summed E-state index contributed by atoms with van der Waals surface area (Å²) in [5, 5.41) is 21.9. The zero-order valence-electron chi connectivity index (χ0n) is 17.4. The van der Waals surface area contributed by atoms with Crippen molar-refractivity contribution in [3.8, 4) is 0 Å². The van der Waals surface area contributed by atoms with Crippen molar-refractivity contribution in [2.24, 2.45) is 5.92 Å². The number of rotatable bonds is 10. The fraction of sp³-hybridized carbons (Fsp3) is 0.409. The van der Waals surface area contributed by atoms with Crippen molar-refractivity contribution in [2.75, 3.05) is 6.61 Å². The van der Waals surface area contributed by atoms with Crippen LogP contribution in [0.2, 0.25) is 0 Å². The number of nitrogens with one attached hydrogen (secondary N) is 1. The quantitative estimate of drug-likeness (QED) is 0.294. The number of amides is 1. The van der Waals surface area contributed by atoms with E-state index in [1.165, 1.54) is 0 Å². The van der Waals surface area contributed by atoms with Crippen LogP contribution in [0.4, 0.5) is 0 Å². The van der Waals surface area contributed by atoms with Gasteiger partial charge in [-0.25, -0.2) is 9.59 Å². The van der Waals surface area contributed by atoms with E-state index in [2.05, 4.69) is 11.9 Å². The summed E-state index contributed by atoms with van der Waals surface area (Å²) < 4.78 is 5.00. The van der Waals surface area contributed by atoms with Crippen LogP contribution in [-0.2, 0) is 25.5 Å². The van der Waals surface area contributed by atoms with Crippen LogP contribution >= 0.6 is 11.6 Å². The lowest BCUT2D eigenvalue weighted by Gasteiger charge is -2.21. The third-order valence-electron chi connectivity index (χ3n) is 4.05. The van der Waals surface area contributed by atoms with Gasteiger partial charge >= 0.3 is 17.8 Å². The molecule has 1 aromatic carbocycles. The average molecular weight is 438 g/mol. The summed E-state index contributed by atoms with van der Waals surface area (Å²) in [5.74, 6) is -3.57. The number of halogens is 1. The highest BCUT2D eigenvalue weighted by atomic mass is 35.5. The fourth-order valence-corrected chi connectivity index (χ4v) is 2.75. The molecule has 0 spiro atoms. The van der Waals surface area contributed by atoms with Crippen LogP contribution in [0.3, 0.4) is 0 Å². The Bertz CT molecular complexity index is 796. The number of benzene rings is 1. The second-order valence-electron chi connectivity index (χ2n) is 7.41. The van der Waals surface area contributed by atoms with Gasteiger partial charge in [-0.2, -0.15) is 0 Å². The van der Waals surface area contributed by atoms with E-state index in [4.69, 9.17) is 21.4 Å². The summed E-state index contributed by atoms with van der Waals surface area (Å²) >= 11 is 5.86. The molecule has 0 aliphatic rings. The van der Waals surface area contributed by atoms with Gasteiger partial charge in [0.25, 0.3) is 0 Å². The summed E-state index contributed by atoms with van der Waals surface area (Å²) in [6.45, 7) is 9.55. The molecule has 0 saturated heterocycles. The topological polar surface area (TPSA) is 113 Å². The SMILES string of the molecule is C=C(C=C(C)Cl)c1ccc(CC(CC(O)C(=O)OCC(C)C)NC(=O)C(=O)O)cc1. The Morgan fingerprint density at radius 1 is 1.23 bits per heavy atom. The molecule has 7 nitrogen and oxygen atoms in total. The van der Waals surface area contributed by atoms with E-state index in [9.17, 15) is 19.5 Å². The van der Waals surface area contributed by atoms with Gasteiger partial charge in [-0.15, -0.1) is 0 Å². The number of carboxylic acid groups (broad SMARTS) is 1. The summed E-state index contributed by atoms with van der Waals surface area (Å²) in [4.78, 5) is 34.5. The number of aliphatic hydroxyl groups is 1. The van der Waals surface area contributed by atoms with Crippen LogP contribution in [0.25, 0.3) is 5.57 Å². The molecule has 0 saturated carbocycles. The Hall–Kier alpha value is -2.64. The number of carboxylic acids is 1. The minimum Gasteiger partial charge on any atom is -0.474 e. The molecule has 2 atom stereocenters. The van der Waals surface area contributed by atoms with Gasteiger partial charge in [-0.05, 0) is 42.0 Å². The first-order valence-electron chi connectivity index (χ1n) is 9.50. The molecule has 3 N–H and O–H groups in total. The molecule has 0 fully saturated rings. The predicted molar refractivity (Wildman–Crippen MR) is 115 cm³/mol. The second-order valence-corrected chi connectivity index (χ2v) is 8.00. The standard InChI is InChI=1S/C22H28ClNO6/c1-13(2)12-30-22(29)19(25)11-18(24-20(26)21(27)28)10-16-5-7-17(8-6-16)14(3)9-15(4)23/h5-9,13,18-19,25H,3,10-12H2,1-2,4H3,(H,24,26)(H,27,28). The van der Waals surface area contributed by atoms with E-state index in [0.717, 1.165) is 16.7 Å². The molecule has 0 aromatic heterocycles. The maximum atomic E-state index is 11.9. The van der Waals surface area contributed by atoms with Crippen LogP contribution in [0.15, 0.2) is 42.0 Å². The average Bonchev–Trinajstić information content (AvgIpc) is 2.65. The largest absolute Gasteiger partial charge is 0.474 e. The van der Waals surface area contributed by atoms with E-state index in [-0.39, 0.29) is 25.4 Å². The molecule has 1 amide bonds. The Morgan fingerprint density at radius 3 is 2.33 bits per heavy atom. The number of carbonyl (C=O) groups excluding carboxylic acids is 2. The smallest absolute Gasteiger partial charge is 0.394 e. The van der Waals surface area contributed by atoms with E-state index in [1.807, 2.05) is 26.0 Å². The number of hydrogen-bond acceptors (Lipinski definition) is 5. The first kappa shape index (κ1) is 25.4. The van der Waals surface area contributed by atoms with E-state index >= 15 is 0 Å². The van der Waals surface area contributed by atoms with Crippen molar-refractivity contribution in [3.05, 3.63) is 53.1 Å².